The van der Waals surface area contributed by atoms with Crippen LogP contribution in [0.3, 0.4) is 0 Å². The van der Waals surface area contributed by atoms with Crippen molar-refractivity contribution in [3.8, 4) is 5.75 Å². The summed E-state index contributed by atoms with van der Waals surface area (Å²) in [5.74, 6) is -2.01. The summed E-state index contributed by atoms with van der Waals surface area (Å²) in [6, 6.07) is 12.9. The van der Waals surface area contributed by atoms with E-state index in [4.69, 9.17) is 27.9 Å². The molecule has 4 atom stereocenters. The van der Waals surface area contributed by atoms with Gasteiger partial charge in [0, 0.05) is 0 Å². The van der Waals surface area contributed by atoms with Crippen molar-refractivity contribution < 1.29 is 32.6 Å². The molecule has 0 unspecified atom stereocenters. The Bertz CT molecular complexity index is 1750. The zero-order valence-electron chi connectivity index (χ0n) is 23.8. The number of carbonyl (C=O) groups excluding carboxylic acids is 1. The Morgan fingerprint density at radius 3 is 2.57 bits per heavy atom. The van der Waals surface area contributed by atoms with E-state index in [9.17, 15) is 27.9 Å². The van der Waals surface area contributed by atoms with Gasteiger partial charge in [0.25, 0.3) is 0 Å². The molecule has 3 heterocycles. The van der Waals surface area contributed by atoms with Gasteiger partial charge in [-0.3, -0.25) is 0 Å². The number of methoxy groups -OCH3 is 1. The molecular weight excluding hydrogens is 617 g/mol. The summed E-state index contributed by atoms with van der Waals surface area (Å²) >= 11 is 13.0. The maximum atomic E-state index is 14.4. The van der Waals surface area contributed by atoms with Crippen LogP contribution in [0.15, 0.2) is 54.6 Å². The molecule has 3 aromatic carbocycles. The number of alkyl halides is 3. The summed E-state index contributed by atoms with van der Waals surface area (Å²) < 4.78 is 48.6. The number of carboxylic acid groups (broad SMARTS) is 1. The predicted molar refractivity (Wildman–Crippen MR) is 165 cm³/mol. The molecule has 1 spiro atoms. The van der Waals surface area contributed by atoms with Crippen molar-refractivity contribution in [2.75, 3.05) is 17.7 Å². The van der Waals surface area contributed by atoms with Gasteiger partial charge in [0.05, 0.1) is 0 Å². The third-order valence-electron chi connectivity index (χ3n) is 9.07. The molecule has 3 aromatic rings. The van der Waals surface area contributed by atoms with E-state index in [-0.39, 0.29) is 11.3 Å². The summed E-state index contributed by atoms with van der Waals surface area (Å²) in [7, 11) is 1.40. The van der Waals surface area contributed by atoms with E-state index >= 15 is 0 Å². The van der Waals surface area contributed by atoms with Crippen molar-refractivity contribution in [2.45, 2.75) is 49.9 Å². The van der Waals surface area contributed by atoms with Crippen LogP contribution in [0.25, 0.3) is 0 Å². The Morgan fingerprint density at radius 2 is 1.89 bits per heavy atom. The molecule has 7 nitrogen and oxygen atoms in total. The van der Waals surface area contributed by atoms with Crippen LogP contribution in [0, 0.1) is 5.41 Å². The zero-order valence-corrected chi connectivity index (χ0v) is 25.3. The first-order valence-electron chi connectivity index (χ1n) is 13.8. The van der Waals surface area contributed by atoms with Gasteiger partial charge in [0.2, 0.25) is 0 Å². The fourth-order valence-electron chi connectivity index (χ4n) is 6.87. The average molecular weight is 644 g/mol. The Morgan fingerprint density at radius 1 is 1.14 bits per heavy atom. The quantitative estimate of drug-likeness (QED) is 0.262. The third kappa shape index (κ3) is 4.59. The van der Waals surface area contributed by atoms with E-state index in [0.717, 1.165) is 13.8 Å². The molecule has 0 saturated carbocycles. The molecule has 0 bridgehead atoms. The summed E-state index contributed by atoms with van der Waals surface area (Å²) in [6.45, 7) is 4.07. The number of amides is 1. The Hall–Kier alpha value is -3.54. The number of anilines is 2. The standard InChI is InChI=1S/C31H27BCl2F3N3O4/c1-29(2,31(35,36)37)13-22-30(17-9-8-15(33)12-20(17)39-28(30)43)23-16-5-4-6-18(34)24(16)32-26(25(23)40-22)38-19-10-7-14(27(41)42)11-21(19)44-3/h4-12,22-23,25,38,40H,13H2,1-3H3,(H,39,43)(H,41,42)/t22-,23-,25+,30+/m0/s1. The molecule has 1 fully saturated rings. The van der Waals surface area contributed by atoms with Crippen LogP contribution in [0.5, 0.6) is 5.75 Å². The van der Waals surface area contributed by atoms with Crippen molar-refractivity contribution in [3.63, 3.8) is 0 Å². The van der Waals surface area contributed by atoms with E-state index in [1.54, 1.807) is 43.3 Å². The monoisotopic (exact) mass is 643 g/mol. The number of hydrogen-bond donors (Lipinski definition) is 4. The van der Waals surface area contributed by atoms with Crippen molar-refractivity contribution >= 4 is 64.4 Å². The van der Waals surface area contributed by atoms with Crippen LogP contribution in [0.4, 0.5) is 24.5 Å². The number of hydrogen-bond acceptors (Lipinski definition) is 5. The molecule has 3 aliphatic heterocycles. The second-order valence-corrected chi connectivity index (χ2v) is 12.8. The first-order chi connectivity index (χ1) is 20.7. The van der Waals surface area contributed by atoms with Crippen molar-refractivity contribution in [2.24, 2.45) is 5.41 Å². The first-order valence-corrected chi connectivity index (χ1v) is 14.6. The Kier molecular flexibility index (Phi) is 7.30. The number of rotatable bonds is 6. The number of ether oxygens (including phenoxy) is 1. The second-order valence-electron chi connectivity index (χ2n) is 12.0. The third-order valence-corrected chi connectivity index (χ3v) is 9.64. The number of fused-ring (bicyclic) bond motifs is 6. The minimum absolute atomic E-state index is 0.0153. The van der Waals surface area contributed by atoms with Crippen LogP contribution in [-0.4, -0.2) is 54.9 Å². The van der Waals surface area contributed by atoms with E-state index in [1.165, 1.54) is 19.2 Å². The molecule has 0 radical (unpaired) electrons. The fourth-order valence-corrected chi connectivity index (χ4v) is 7.28. The second kappa shape index (κ2) is 10.5. The van der Waals surface area contributed by atoms with Gasteiger partial charge < -0.3 is 0 Å². The zero-order chi connectivity index (χ0) is 31.8. The van der Waals surface area contributed by atoms with Gasteiger partial charge in [-0.15, -0.1) is 0 Å². The van der Waals surface area contributed by atoms with Gasteiger partial charge in [-0.1, -0.05) is 0 Å². The van der Waals surface area contributed by atoms with Gasteiger partial charge >= 0.3 is 262 Å². The van der Waals surface area contributed by atoms with Crippen LogP contribution >= 0.6 is 23.2 Å². The van der Waals surface area contributed by atoms with Crippen molar-refractivity contribution in [1.82, 2.24) is 5.32 Å². The van der Waals surface area contributed by atoms with Crippen LogP contribution in [-0.2, 0) is 10.2 Å². The topological polar surface area (TPSA) is 99.7 Å². The van der Waals surface area contributed by atoms with Gasteiger partial charge in [-0.25, -0.2) is 0 Å². The number of carboxylic acids is 1. The molecule has 4 N–H and O–H groups in total. The molecule has 13 heteroatoms. The van der Waals surface area contributed by atoms with Gasteiger partial charge in [0.15, 0.2) is 0 Å². The van der Waals surface area contributed by atoms with Crippen LogP contribution in [0.2, 0.25) is 10.0 Å². The molecule has 228 valence electrons. The molecule has 1 amide bonds. The van der Waals surface area contributed by atoms with Crippen LogP contribution < -0.4 is 26.2 Å². The summed E-state index contributed by atoms with van der Waals surface area (Å²) in [5.41, 5.74) is -0.332. The van der Waals surface area contributed by atoms with E-state index < -0.39 is 53.3 Å². The normalized spacial score (nSPS) is 23.7. The average Bonchev–Trinajstić information content (AvgIpc) is 3.43. The first kappa shape index (κ1) is 30.5. The van der Waals surface area contributed by atoms with Crippen molar-refractivity contribution in [1.29, 1.82) is 0 Å². The Labute approximate surface area is 262 Å². The number of carbonyl (C=O) groups is 2. The van der Waals surface area contributed by atoms with E-state index in [1.807, 2.05) is 6.07 Å². The van der Waals surface area contributed by atoms with E-state index in [2.05, 4.69) is 16.0 Å². The van der Waals surface area contributed by atoms with Gasteiger partial charge in [0.1, 0.15) is 0 Å². The molecule has 0 aromatic heterocycles. The molecule has 44 heavy (non-hydrogen) atoms. The van der Waals surface area contributed by atoms with Crippen molar-refractivity contribution in [3.05, 3.63) is 81.3 Å². The van der Waals surface area contributed by atoms with E-state index in [0.29, 0.717) is 43.6 Å². The summed E-state index contributed by atoms with van der Waals surface area (Å²) in [6.07, 6.45) is -4.95. The molecule has 3 aliphatic rings. The number of halogens is 5. The molecule has 0 aliphatic carbocycles. The fraction of sp³-hybridized carbons (Fsp3) is 0.323. The number of benzene rings is 3. The number of nitrogens with one attached hydrogen (secondary N) is 3. The molecular formula is C31H27BCl2F3N3O4. The van der Waals surface area contributed by atoms with Crippen LogP contribution in [0.1, 0.15) is 47.7 Å². The maximum absolute atomic E-state index is 14.4. The molecule has 1 saturated heterocycles. The number of aromatic carboxylic acids is 1. The summed E-state index contributed by atoms with van der Waals surface area (Å²) in [4.78, 5) is 25.9. The SMILES string of the molecule is COc1cc(C(=O)O)ccc1NC1=Bc2c(Cl)cccc2[C@H]2[C@H]1N[C@@H](CC(C)(C)C(F)(F)F)[C@@]21C(=O)Nc2cc(Cl)ccc21. The molecule has 6 rings (SSSR count). The summed E-state index contributed by atoms with van der Waals surface area (Å²) in [5, 5.41) is 19.9. The van der Waals surface area contributed by atoms with Gasteiger partial charge in [-0.05, 0) is 0 Å². The Balaban J connectivity index is 1.57. The predicted octanol–water partition coefficient (Wildman–Crippen LogP) is 5.58. The minimum atomic E-state index is -4.54. The van der Waals surface area contributed by atoms with Gasteiger partial charge in [-0.2, -0.15) is 0 Å².